The molecule has 0 unspecified atom stereocenters. The highest BCUT2D eigenvalue weighted by Crippen LogP contribution is 2.06. The Morgan fingerprint density at radius 3 is 2.57 bits per heavy atom. The molecule has 0 aromatic heterocycles. The van der Waals surface area contributed by atoms with Crippen LogP contribution in [0.2, 0.25) is 0 Å². The summed E-state index contributed by atoms with van der Waals surface area (Å²) in [6.45, 7) is 0. The number of nitrogen functional groups attached to an aromatic ring is 1. The number of benzene rings is 1. The molecular weight excluding hydrogens is 178 g/mol. The molecule has 1 aromatic carbocycles. The molecule has 0 heterocycles. The van der Waals surface area contributed by atoms with Crippen molar-refractivity contribution in [2.45, 2.75) is 0 Å². The minimum absolute atomic E-state index is 0.190. The minimum atomic E-state index is -0.190. The van der Waals surface area contributed by atoms with Crippen molar-refractivity contribution in [3.8, 4) is 0 Å². The Labute approximate surface area is 82.8 Å². The molecule has 0 fully saturated rings. The van der Waals surface area contributed by atoms with Crippen LogP contribution >= 0.6 is 0 Å². The SMILES string of the molecule is CNNC(=O)/C=C/c1ccc(N)cc1. The number of hydrazine groups is 1. The molecule has 0 spiro atoms. The highest BCUT2D eigenvalue weighted by Gasteiger charge is 1.91. The van der Waals surface area contributed by atoms with Gasteiger partial charge >= 0.3 is 0 Å². The maximum Gasteiger partial charge on any atom is 0.258 e. The van der Waals surface area contributed by atoms with Crippen LogP contribution in [0.1, 0.15) is 5.56 Å². The Kier molecular flexibility index (Phi) is 3.69. The third-order valence-corrected chi connectivity index (χ3v) is 1.61. The summed E-state index contributed by atoms with van der Waals surface area (Å²) in [4.78, 5) is 11.0. The average molecular weight is 191 g/mol. The number of hydrogen-bond donors (Lipinski definition) is 3. The number of hydrogen-bond acceptors (Lipinski definition) is 3. The van der Waals surface area contributed by atoms with Gasteiger partial charge in [-0.15, -0.1) is 0 Å². The van der Waals surface area contributed by atoms with Crippen molar-refractivity contribution < 1.29 is 4.79 Å². The number of carbonyl (C=O) groups is 1. The highest BCUT2D eigenvalue weighted by atomic mass is 16.2. The van der Waals surface area contributed by atoms with E-state index < -0.39 is 0 Å². The van der Waals surface area contributed by atoms with Crippen LogP contribution in [0.25, 0.3) is 6.08 Å². The van der Waals surface area contributed by atoms with Gasteiger partial charge in [0.2, 0.25) is 0 Å². The number of amides is 1. The molecule has 4 heteroatoms. The van der Waals surface area contributed by atoms with Crippen molar-refractivity contribution in [1.29, 1.82) is 0 Å². The van der Waals surface area contributed by atoms with Crippen molar-refractivity contribution in [1.82, 2.24) is 10.9 Å². The second-order valence-electron chi connectivity index (χ2n) is 2.74. The van der Waals surface area contributed by atoms with Crippen molar-refractivity contribution in [3.63, 3.8) is 0 Å². The first-order chi connectivity index (χ1) is 6.72. The summed E-state index contributed by atoms with van der Waals surface area (Å²) in [5.74, 6) is -0.190. The van der Waals surface area contributed by atoms with Crippen molar-refractivity contribution >= 4 is 17.7 Å². The molecule has 0 aliphatic rings. The van der Waals surface area contributed by atoms with E-state index in [-0.39, 0.29) is 5.91 Å². The van der Waals surface area contributed by atoms with Gasteiger partial charge in [0.1, 0.15) is 0 Å². The summed E-state index contributed by atoms with van der Waals surface area (Å²) in [6.07, 6.45) is 3.16. The molecule has 4 N–H and O–H groups in total. The summed E-state index contributed by atoms with van der Waals surface area (Å²) in [7, 11) is 1.63. The highest BCUT2D eigenvalue weighted by molar-refractivity contribution is 5.91. The van der Waals surface area contributed by atoms with Gasteiger partial charge in [-0.2, -0.15) is 0 Å². The van der Waals surface area contributed by atoms with E-state index in [2.05, 4.69) is 10.9 Å². The fourth-order valence-electron chi connectivity index (χ4n) is 0.944. The normalized spacial score (nSPS) is 10.4. The van der Waals surface area contributed by atoms with E-state index in [1.54, 1.807) is 25.3 Å². The van der Waals surface area contributed by atoms with Gasteiger partial charge in [0, 0.05) is 18.8 Å². The zero-order valence-corrected chi connectivity index (χ0v) is 7.95. The first-order valence-corrected chi connectivity index (χ1v) is 4.22. The van der Waals surface area contributed by atoms with Crippen LogP contribution in [0.3, 0.4) is 0 Å². The zero-order chi connectivity index (χ0) is 10.4. The molecule has 0 radical (unpaired) electrons. The van der Waals surface area contributed by atoms with Crippen LogP contribution in [0.5, 0.6) is 0 Å². The molecule has 74 valence electrons. The molecule has 4 nitrogen and oxygen atoms in total. The van der Waals surface area contributed by atoms with Gasteiger partial charge < -0.3 is 5.73 Å². The van der Waals surface area contributed by atoms with Gasteiger partial charge in [-0.3, -0.25) is 10.2 Å². The lowest BCUT2D eigenvalue weighted by molar-refractivity contribution is -0.117. The predicted octanol–water partition coefficient (Wildman–Crippen LogP) is 0.533. The van der Waals surface area contributed by atoms with Crippen molar-refractivity contribution in [3.05, 3.63) is 35.9 Å². The van der Waals surface area contributed by atoms with Gasteiger partial charge in [-0.05, 0) is 23.8 Å². The fraction of sp³-hybridized carbons (Fsp3) is 0.100. The van der Waals surface area contributed by atoms with Crippen LogP contribution < -0.4 is 16.6 Å². The van der Waals surface area contributed by atoms with Crippen LogP contribution in [0.15, 0.2) is 30.3 Å². The van der Waals surface area contributed by atoms with Crippen molar-refractivity contribution in [2.75, 3.05) is 12.8 Å². The second-order valence-corrected chi connectivity index (χ2v) is 2.74. The molecule has 0 atom stereocenters. The van der Waals surface area contributed by atoms with Crippen molar-refractivity contribution in [2.24, 2.45) is 0 Å². The van der Waals surface area contributed by atoms with Crippen LogP contribution in [-0.2, 0) is 4.79 Å². The van der Waals surface area contributed by atoms with Crippen LogP contribution in [0, 0.1) is 0 Å². The maximum absolute atomic E-state index is 11.0. The Balaban J connectivity index is 2.60. The minimum Gasteiger partial charge on any atom is -0.399 e. The standard InChI is InChI=1S/C10H13N3O/c1-12-13-10(14)7-4-8-2-5-9(11)6-3-8/h2-7,12H,11H2,1H3,(H,13,14)/b7-4+. The van der Waals surface area contributed by atoms with Gasteiger partial charge in [0.25, 0.3) is 5.91 Å². The lowest BCUT2D eigenvalue weighted by Crippen LogP contribution is -2.32. The Morgan fingerprint density at radius 2 is 2.00 bits per heavy atom. The lowest BCUT2D eigenvalue weighted by atomic mass is 10.2. The molecule has 1 aromatic rings. The summed E-state index contributed by atoms with van der Waals surface area (Å²) < 4.78 is 0. The Morgan fingerprint density at radius 1 is 1.36 bits per heavy atom. The third kappa shape index (κ3) is 3.28. The maximum atomic E-state index is 11.0. The van der Waals surface area contributed by atoms with Crippen LogP contribution in [0.4, 0.5) is 5.69 Å². The van der Waals surface area contributed by atoms with E-state index in [1.165, 1.54) is 6.08 Å². The van der Waals surface area contributed by atoms with E-state index in [1.807, 2.05) is 12.1 Å². The van der Waals surface area contributed by atoms with Gasteiger partial charge in [-0.1, -0.05) is 12.1 Å². The molecule has 1 amide bonds. The summed E-state index contributed by atoms with van der Waals surface area (Å²) in [5, 5.41) is 0. The van der Waals surface area contributed by atoms with E-state index in [0.717, 1.165) is 5.56 Å². The monoisotopic (exact) mass is 191 g/mol. The Hall–Kier alpha value is -1.81. The molecule has 0 aliphatic heterocycles. The molecule has 1 rings (SSSR count). The predicted molar refractivity (Wildman–Crippen MR) is 57.1 cm³/mol. The number of carbonyl (C=O) groups excluding carboxylic acids is 1. The quantitative estimate of drug-likeness (QED) is 0.371. The summed E-state index contributed by atoms with van der Waals surface area (Å²) >= 11 is 0. The molecule has 0 saturated heterocycles. The molecular formula is C10H13N3O. The topological polar surface area (TPSA) is 67.1 Å². The smallest absolute Gasteiger partial charge is 0.258 e. The van der Waals surface area contributed by atoms with Gasteiger partial charge in [-0.25, -0.2) is 5.43 Å². The molecule has 0 saturated carbocycles. The van der Waals surface area contributed by atoms with E-state index in [4.69, 9.17) is 5.73 Å². The molecule has 14 heavy (non-hydrogen) atoms. The summed E-state index contributed by atoms with van der Waals surface area (Å²) in [5.41, 5.74) is 12.1. The Bertz CT molecular complexity index is 330. The number of nitrogens with one attached hydrogen (secondary N) is 2. The lowest BCUT2D eigenvalue weighted by Gasteiger charge is -1.97. The number of rotatable bonds is 3. The second kappa shape index (κ2) is 5.04. The average Bonchev–Trinajstić information content (AvgIpc) is 2.17. The van der Waals surface area contributed by atoms with Crippen LogP contribution in [-0.4, -0.2) is 13.0 Å². The van der Waals surface area contributed by atoms with E-state index in [0.29, 0.717) is 5.69 Å². The number of anilines is 1. The van der Waals surface area contributed by atoms with Gasteiger partial charge in [0.15, 0.2) is 0 Å². The molecule has 0 bridgehead atoms. The fourth-order valence-corrected chi connectivity index (χ4v) is 0.944. The zero-order valence-electron chi connectivity index (χ0n) is 7.95. The first-order valence-electron chi connectivity index (χ1n) is 4.22. The van der Waals surface area contributed by atoms with E-state index >= 15 is 0 Å². The number of nitrogens with two attached hydrogens (primary N) is 1. The summed E-state index contributed by atoms with van der Waals surface area (Å²) in [6, 6.07) is 7.27. The van der Waals surface area contributed by atoms with Gasteiger partial charge in [0.05, 0.1) is 0 Å². The largest absolute Gasteiger partial charge is 0.399 e. The third-order valence-electron chi connectivity index (χ3n) is 1.61. The van der Waals surface area contributed by atoms with E-state index in [9.17, 15) is 4.79 Å². The molecule has 0 aliphatic carbocycles. The first kappa shape index (κ1) is 10.3.